The lowest BCUT2D eigenvalue weighted by molar-refractivity contribution is 0.0670. The molecule has 0 aliphatic carbocycles. The Balaban J connectivity index is 2.29. The molecule has 2 atom stereocenters. The smallest absolute Gasteiger partial charge is 0.274 e. The third-order valence-electron chi connectivity index (χ3n) is 3.96. The lowest BCUT2D eigenvalue weighted by atomic mass is 10.1. The highest BCUT2D eigenvalue weighted by atomic mass is 16.2. The van der Waals surface area contributed by atoms with Gasteiger partial charge in [0.05, 0.1) is 12.2 Å². The molecule has 0 saturated carbocycles. The Kier molecular flexibility index (Phi) is 5.35. The summed E-state index contributed by atoms with van der Waals surface area (Å²) >= 11 is 0. The quantitative estimate of drug-likeness (QED) is 0.867. The molecule has 21 heavy (non-hydrogen) atoms. The minimum atomic E-state index is -0.0271. The molecule has 1 aliphatic rings. The van der Waals surface area contributed by atoms with Crippen molar-refractivity contribution >= 4 is 5.91 Å². The number of likely N-dealkylation sites (tertiary alicyclic amines) is 1. The standard InChI is InChI=1S/C17H22N2O2/c1-3-15-10-9-13(2)19(15)17(21)16-14(7-4-5-12-20)8-6-11-18-16/h6,8,11,13,15,20H,3,5,9-10,12H2,1-2H3. The van der Waals surface area contributed by atoms with E-state index >= 15 is 0 Å². The van der Waals surface area contributed by atoms with Crippen molar-refractivity contribution < 1.29 is 9.90 Å². The average Bonchev–Trinajstić information content (AvgIpc) is 2.88. The minimum Gasteiger partial charge on any atom is -0.395 e. The maximum Gasteiger partial charge on any atom is 0.274 e. The maximum absolute atomic E-state index is 12.8. The van der Waals surface area contributed by atoms with Crippen LogP contribution in [0.2, 0.25) is 0 Å². The summed E-state index contributed by atoms with van der Waals surface area (Å²) in [4.78, 5) is 19.0. The summed E-state index contributed by atoms with van der Waals surface area (Å²) in [5.74, 6) is 5.78. The number of rotatable bonds is 3. The van der Waals surface area contributed by atoms with E-state index in [2.05, 4.69) is 30.7 Å². The van der Waals surface area contributed by atoms with Crippen molar-refractivity contribution in [3.63, 3.8) is 0 Å². The van der Waals surface area contributed by atoms with Crippen LogP contribution in [-0.2, 0) is 0 Å². The number of aliphatic hydroxyl groups excluding tert-OH is 1. The minimum absolute atomic E-state index is 0.0254. The van der Waals surface area contributed by atoms with Crippen LogP contribution in [0, 0.1) is 11.8 Å². The molecule has 1 aromatic rings. The molecule has 0 aromatic carbocycles. The van der Waals surface area contributed by atoms with Gasteiger partial charge in [0.25, 0.3) is 5.91 Å². The van der Waals surface area contributed by atoms with Crippen LogP contribution in [0.25, 0.3) is 0 Å². The normalized spacial score (nSPS) is 21.0. The van der Waals surface area contributed by atoms with Gasteiger partial charge in [-0.2, -0.15) is 0 Å². The molecular weight excluding hydrogens is 264 g/mol. The second-order valence-corrected chi connectivity index (χ2v) is 5.38. The van der Waals surface area contributed by atoms with Gasteiger partial charge in [-0.15, -0.1) is 0 Å². The summed E-state index contributed by atoms with van der Waals surface area (Å²) in [7, 11) is 0. The van der Waals surface area contributed by atoms with Crippen molar-refractivity contribution in [2.45, 2.75) is 51.6 Å². The molecule has 1 aromatic heterocycles. The van der Waals surface area contributed by atoms with E-state index in [0.717, 1.165) is 19.3 Å². The molecule has 112 valence electrons. The van der Waals surface area contributed by atoms with Gasteiger partial charge in [-0.25, -0.2) is 4.98 Å². The van der Waals surface area contributed by atoms with Crippen LogP contribution in [-0.4, -0.2) is 39.6 Å². The van der Waals surface area contributed by atoms with E-state index in [-0.39, 0.29) is 18.6 Å². The fourth-order valence-electron chi connectivity index (χ4n) is 2.85. The van der Waals surface area contributed by atoms with E-state index in [4.69, 9.17) is 5.11 Å². The second-order valence-electron chi connectivity index (χ2n) is 5.38. The van der Waals surface area contributed by atoms with E-state index in [1.54, 1.807) is 12.3 Å². The Bertz CT molecular complexity index is 559. The largest absolute Gasteiger partial charge is 0.395 e. The topological polar surface area (TPSA) is 53.4 Å². The summed E-state index contributed by atoms with van der Waals surface area (Å²) in [6, 6.07) is 4.15. The van der Waals surface area contributed by atoms with Gasteiger partial charge in [-0.05, 0) is 38.3 Å². The number of nitrogens with zero attached hydrogens (tertiary/aromatic N) is 2. The monoisotopic (exact) mass is 286 g/mol. The lowest BCUT2D eigenvalue weighted by Gasteiger charge is -2.27. The summed E-state index contributed by atoms with van der Waals surface area (Å²) in [5, 5.41) is 8.80. The molecule has 1 fully saturated rings. The number of carbonyl (C=O) groups is 1. The molecule has 1 amide bonds. The predicted octanol–water partition coefficient (Wildman–Crippen LogP) is 2.22. The SMILES string of the molecule is CCC1CCC(C)N1C(=O)c1ncccc1C#CCCO. The Morgan fingerprint density at radius 2 is 2.33 bits per heavy atom. The van der Waals surface area contributed by atoms with E-state index in [0.29, 0.717) is 23.7 Å². The van der Waals surface area contributed by atoms with E-state index < -0.39 is 0 Å². The Morgan fingerprint density at radius 3 is 3.05 bits per heavy atom. The van der Waals surface area contributed by atoms with Gasteiger partial charge in [0.15, 0.2) is 0 Å². The van der Waals surface area contributed by atoms with Crippen LogP contribution < -0.4 is 0 Å². The van der Waals surface area contributed by atoms with Crippen LogP contribution in [0.15, 0.2) is 18.3 Å². The molecule has 0 radical (unpaired) electrons. The molecule has 0 spiro atoms. The van der Waals surface area contributed by atoms with Crippen molar-refractivity contribution in [3.05, 3.63) is 29.6 Å². The summed E-state index contributed by atoms with van der Waals surface area (Å²) < 4.78 is 0. The average molecular weight is 286 g/mol. The number of aliphatic hydroxyl groups is 1. The Morgan fingerprint density at radius 1 is 1.52 bits per heavy atom. The predicted molar refractivity (Wildman–Crippen MR) is 81.8 cm³/mol. The summed E-state index contributed by atoms with van der Waals surface area (Å²) in [6.45, 7) is 4.23. The van der Waals surface area contributed by atoms with Crippen molar-refractivity contribution in [1.29, 1.82) is 0 Å². The van der Waals surface area contributed by atoms with Crippen LogP contribution in [0.3, 0.4) is 0 Å². The van der Waals surface area contributed by atoms with Crippen LogP contribution in [0.5, 0.6) is 0 Å². The van der Waals surface area contributed by atoms with Crippen LogP contribution in [0.1, 0.15) is 55.6 Å². The molecule has 1 saturated heterocycles. The fraction of sp³-hybridized carbons (Fsp3) is 0.529. The third kappa shape index (κ3) is 3.43. The molecule has 2 unspecified atom stereocenters. The number of pyridine rings is 1. The zero-order valence-electron chi connectivity index (χ0n) is 12.7. The van der Waals surface area contributed by atoms with Gasteiger partial charge < -0.3 is 10.0 Å². The molecule has 1 aliphatic heterocycles. The van der Waals surface area contributed by atoms with Crippen molar-refractivity contribution in [3.8, 4) is 11.8 Å². The number of carbonyl (C=O) groups excluding carboxylic acids is 1. The molecular formula is C17H22N2O2. The van der Waals surface area contributed by atoms with E-state index in [1.165, 1.54) is 0 Å². The first-order valence-electron chi connectivity index (χ1n) is 7.56. The van der Waals surface area contributed by atoms with E-state index in [9.17, 15) is 4.79 Å². The highest BCUT2D eigenvalue weighted by Gasteiger charge is 2.34. The van der Waals surface area contributed by atoms with Gasteiger partial charge >= 0.3 is 0 Å². The Labute approximate surface area is 126 Å². The zero-order valence-corrected chi connectivity index (χ0v) is 12.7. The third-order valence-corrected chi connectivity index (χ3v) is 3.96. The zero-order chi connectivity index (χ0) is 15.2. The van der Waals surface area contributed by atoms with Crippen molar-refractivity contribution in [1.82, 2.24) is 9.88 Å². The number of hydrogen-bond acceptors (Lipinski definition) is 3. The molecule has 2 heterocycles. The number of hydrogen-bond donors (Lipinski definition) is 1. The van der Waals surface area contributed by atoms with Gasteiger partial charge in [-0.3, -0.25) is 4.79 Å². The van der Waals surface area contributed by atoms with Gasteiger partial charge in [0, 0.05) is 24.7 Å². The van der Waals surface area contributed by atoms with Crippen molar-refractivity contribution in [2.75, 3.05) is 6.61 Å². The first-order chi connectivity index (χ1) is 10.2. The van der Waals surface area contributed by atoms with E-state index in [1.807, 2.05) is 11.0 Å². The van der Waals surface area contributed by atoms with Crippen LogP contribution >= 0.6 is 0 Å². The van der Waals surface area contributed by atoms with Crippen molar-refractivity contribution in [2.24, 2.45) is 0 Å². The summed E-state index contributed by atoms with van der Waals surface area (Å²) in [6.07, 6.45) is 5.10. The number of amides is 1. The Hall–Kier alpha value is -1.86. The lowest BCUT2D eigenvalue weighted by Crippen LogP contribution is -2.40. The first-order valence-corrected chi connectivity index (χ1v) is 7.56. The summed E-state index contributed by atoms with van der Waals surface area (Å²) in [5.41, 5.74) is 1.07. The maximum atomic E-state index is 12.8. The second kappa shape index (κ2) is 7.24. The fourth-order valence-corrected chi connectivity index (χ4v) is 2.85. The molecule has 4 heteroatoms. The van der Waals surface area contributed by atoms with Crippen LogP contribution in [0.4, 0.5) is 0 Å². The molecule has 4 nitrogen and oxygen atoms in total. The highest BCUT2D eigenvalue weighted by Crippen LogP contribution is 2.28. The molecule has 2 rings (SSSR count). The van der Waals surface area contributed by atoms with Gasteiger partial charge in [-0.1, -0.05) is 18.8 Å². The van der Waals surface area contributed by atoms with Gasteiger partial charge in [0.1, 0.15) is 5.69 Å². The van der Waals surface area contributed by atoms with Gasteiger partial charge in [0.2, 0.25) is 0 Å². The first kappa shape index (κ1) is 15.5. The number of aromatic nitrogens is 1. The highest BCUT2D eigenvalue weighted by molar-refractivity contribution is 5.95. The molecule has 1 N–H and O–H groups in total. The molecule has 0 bridgehead atoms.